The van der Waals surface area contributed by atoms with Gasteiger partial charge in [0, 0.05) is 31.1 Å². The van der Waals surface area contributed by atoms with Crippen LogP contribution in [0.2, 0.25) is 0 Å². The van der Waals surface area contributed by atoms with E-state index in [2.05, 4.69) is 52.7 Å². The average Bonchev–Trinajstić information content (AvgIpc) is 3.68. The number of piperidine rings is 1. The summed E-state index contributed by atoms with van der Waals surface area (Å²) in [5.74, 6) is 0.0720. The summed E-state index contributed by atoms with van der Waals surface area (Å²) in [5.41, 5.74) is 8.43. The van der Waals surface area contributed by atoms with Crippen molar-refractivity contribution in [2.75, 3.05) is 24.7 Å². The molecule has 2 saturated heterocycles. The molecule has 4 aromatic carbocycles. The van der Waals surface area contributed by atoms with E-state index in [0.717, 1.165) is 23.2 Å². The third-order valence-corrected chi connectivity index (χ3v) is 10.5. The number of aliphatic hydroxyl groups excluding tert-OH is 1. The zero-order valence-corrected chi connectivity index (χ0v) is 26.8. The van der Waals surface area contributed by atoms with Crippen LogP contribution in [-0.2, 0) is 38.7 Å². The third kappa shape index (κ3) is 5.45. The number of hydrogen-bond donors (Lipinski definition) is 2. The molecule has 2 atom stereocenters. The SMILES string of the molecule is O=C(C1=CC(c2cccc3c2Cc2ccccc2-3)CC(OCc2ccc(CO)cc2)O1)N1CCC2(CC1)C(=O)NCN2c1ccccc1. The van der Waals surface area contributed by atoms with Crippen LogP contribution in [0.3, 0.4) is 0 Å². The van der Waals surface area contributed by atoms with E-state index in [1.54, 1.807) is 0 Å². The van der Waals surface area contributed by atoms with Crippen LogP contribution in [0.4, 0.5) is 5.69 Å². The number of amides is 2. The molecule has 2 N–H and O–H groups in total. The average molecular weight is 642 g/mol. The van der Waals surface area contributed by atoms with Gasteiger partial charge in [-0.25, -0.2) is 0 Å². The summed E-state index contributed by atoms with van der Waals surface area (Å²) in [6, 6.07) is 32.7. The summed E-state index contributed by atoms with van der Waals surface area (Å²) < 4.78 is 12.7. The van der Waals surface area contributed by atoms with Crippen LogP contribution in [-0.4, -0.2) is 53.4 Å². The molecule has 4 aliphatic rings. The zero-order chi connectivity index (χ0) is 32.7. The summed E-state index contributed by atoms with van der Waals surface area (Å²) >= 11 is 0. The van der Waals surface area contributed by atoms with E-state index in [1.807, 2.05) is 65.6 Å². The fourth-order valence-electron chi connectivity index (χ4n) is 7.86. The molecule has 0 radical (unpaired) electrons. The van der Waals surface area contributed by atoms with Crippen molar-refractivity contribution in [3.05, 3.63) is 137 Å². The minimum Gasteiger partial charge on any atom is -0.459 e. The monoisotopic (exact) mass is 641 g/mol. The molecule has 3 heterocycles. The summed E-state index contributed by atoms with van der Waals surface area (Å²) in [5, 5.41) is 12.5. The largest absolute Gasteiger partial charge is 0.459 e. The summed E-state index contributed by atoms with van der Waals surface area (Å²) in [6.45, 7) is 1.65. The Hall–Kier alpha value is -4.92. The first kappa shape index (κ1) is 30.4. The molecular formula is C40H39N3O5. The predicted molar refractivity (Wildman–Crippen MR) is 183 cm³/mol. The quantitative estimate of drug-likeness (QED) is 0.239. The number of allylic oxidation sites excluding steroid dienone is 1. The molecule has 3 aliphatic heterocycles. The van der Waals surface area contributed by atoms with Crippen molar-refractivity contribution in [1.82, 2.24) is 10.2 Å². The van der Waals surface area contributed by atoms with Crippen LogP contribution in [0.25, 0.3) is 11.1 Å². The Morgan fingerprint density at radius 1 is 0.896 bits per heavy atom. The van der Waals surface area contributed by atoms with Crippen LogP contribution in [0, 0.1) is 0 Å². The molecule has 8 rings (SSSR count). The maximum Gasteiger partial charge on any atom is 0.288 e. The lowest BCUT2D eigenvalue weighted by molar-refractivity contribution is -0.157. The van der Waals surface area contributed by atoms with Gasteiger partial charge in [0.05, 0.1) is 19.9 Å². The normalized spacial score (nSPS) is 20.9. The fourth-order valence-corrected chi connectivity index (χ4v) is 7.86. The van der Waals surface area contributed by atoms with Gasteiger partial charge in [0.15, 0.2) is 5.76 Å². The van der Waals surface area contributed by atoms with Gasteiger partial charge in [0.1, 0.15) is 5.54 Å². The Balaban J connectivity index is 1.05. The van der Waals surface area contributed by atoms with E-state index in [0.29, 0.717) is 51.4 Å². The van der Waals surface area contributed by atoms with Crippen molar-refractivity contribution < 1.29 is 24.2 Å². The minimum absolute atomic E-state index is 0.0112. The number of likely N-dealkylation sites (tertiary alicyclic amines) is 1. The van der Waals surface area contributed by atoms with Gasteiger partial charge in [0.2, 0.25) is 12.2 Å². The van der Waals surface area contributed by atoms with E-state index >= 15 is 0 Å². The van der Waals surface area contributed by atoms with Crippen molar-refractivity contribution in [3.63, 3.8) is 0 Å². The number of ether oxygens (including phenoxy) is 2. The molecule has 0 bridgehead atoms. The minimum atomic E-state index is -0.681. The molecule has 0 aromatic heterocycles. The lowest BCUT2D eigenvalue weighted by atomic mass is 9.85. The standard InChI is InChI=1S/C40H39N3O5/c44-24-27-13-15-28(16-14-27)25-47-37-23-30(33-11-6-12-34-32-10-5-4-7-29(32)21-35(33)34)22-36(48-37)38(45)42-19-17-40(18-20-42)39(46)41-26-43(40)31-8-2-1-3-9-31/h1-16,22,30,37,44H,17-21,23-26H2,(H,41,46). The van der Waals surface area contributed by atoms with Crippen molar-refractivity contribution >= 4 is 17.5 Å². The molecule has 2 fully saturated rings. The van der Waals surface area contributed by atoms with Crippen LogP contribution >= 0.6 is 0 Å². The lowest BCUT2D eigenvalue weighted by Crippen LogP contribution is -2.57. The second-order valence-electron chi connectivity index (χ2n) is 13.2. The van der Waals surface area contributed by atoms with E-state index < -0.39 is 11.8 Å². The van der Waals surface area contributed by atoms with Crippen molar-refractivity contribution in [2.24, 2.45) is 0 Å². The molecule has 2 amide bonds. The number of nitrogens with zero attached hydrogens (tertiary/aromatic N) is 2. The molecule has 8 nitrogen and oxygen atoms in total. The molecule has 8 heteroatoms. The summed E-state index contributed by atoms with van der Waals surface area (Å²) in [6.07, 6.45) is 3.86. The van der Waals surface area contributed by atoms with Gasteiger partial charge in [0.25, 0.3) is 5.91 Å². The molecule has 1 spiro atoms. The van der Waals surface area contributed by atoms with E-state index in [1.165, 1.54) is 27.8 Å². The number of benzene rings is 4. The molecule has 4 aromatic rings. The first-order chi connectivity index (χ1) is 23.5. The van der Waals surface area contributed by atoms with Crippen LogP contribution in [0.1, 0.15) is 53.0 Å². The fraction of sp³-hybridized carbons (Fsp3) is 0.300. The second-order valence-corrected chi connectivity index (χ2v) is 13.2. The second kappa shape index (κ2) is 12.6. The highest BCUT2D eigenvalue weighted by Gasteiger charge is 2.51. The Bertz CT molecular complexity index is 1860. The number of para-hydroxylation sites is 1. The van der Waals surface area contributed by atoms with Gasteiger partial charge >= 0.3 is 0 Å². The Morgan fingerprint density at radius 3 is 2.42 bits per heavy atom. The third-order valence-electron chi connectivity index (χ3n) is 10.5. The molecule has 244 valence electrons. The van der Waals surface area contributed by atoms with Crippen molar-refractivity contribution in [1.29, 1.82) is 0 Å². The first-order valence-electron chi connectivity index (χ1n) is 16.8. The topological polar surface area (TPSA) is 91.3 Å². The number of hydrogen-bond acceptors (Lipinski definition) is 6. The van der Waals surface area contributed by atoms with E-state index in [9.17, 15) is 14.7 Å². The number of rotatable bonds is 7. The smallest absolute Gasteiger partial charge is 0.288 e. The van der Waals surface area contributed by atoms with Gasteiger partial charge in [-0.2, -0.15) is 0 Å². The Morgan fingerprint density at radius 2 is 1.62 bits per heavy atom. The van der Waals surface area contributed by atoms with Gasteiger partial charge in [-0.15, -0.1) is 0 Å². The number of nitrogens with one attached hydrogen (secondary N) is 1. The van der Waals surface area contributed by atoms with E-state index in [4.69, 9.17) is 9.47 Å². The Labute approximate surface area is 280 Å². The van der Waals surface area contributed by atoms with Gasteiger partial charge < -0.3 is 29.7 Å². The Kier molecular flexibility index (Phi) is 7.98. The molecular weight excluding hydrogens is 602 g/mol. The van der Waals surface area contributed by atoms with Crippen molar-refractivity contribution in [3.8, 4) is 11.1 Å². The van der Waals surface area contributed by atoms with Gasteiger partial charge in [-0.1, -0.05) is 84.9 Å². The number of anilines is 1. The zero-order valence-electron chi connectivity index (χ0n) is 26.8. The van der Waals surface area contributed by atoms with Gasteiger partial charge in [-0.05, 0) is 76.4 Å². The van der Waals surface area contributed by atoms with Crippen LogP contribution < -0.4 is 10.2 Å². The summed E-state index contributed by atoms with van der Waals surface area (Å²) in [4.78, 5) is 31.4. The number of fused-ring (bicyclic) bond motifs is 3. The van der Waals surface area contributed by atoms with Crippen molar-refractivity contribution in [2.45, 2.75) is 56.6 Å². The number of carbonyl (C=O) groups excluding carboxylic acids is 2. The van der Waals surface area contributed by atoms with Crippen LogP contribution in [0.15, 0.2) is 109 Å². The molecule has 0 saturated carbocycles. The lowest BCUT2D eigenvalue weighted by Gasteiger charge is -2.43. The summed E-state index contributed by atoms with van der Waals surface area (Å²) in [7, 11) is 0. The predicted octanol–water partition coefficient (Wildman–Crippen LogP) is 5.64. The van der Waals surface area contributed by atoms with Gasteiger partial charge in [-0.3, -0.25) is 9.59 Å². The molecule has 1 aliphatic carbocycles. The van der Waals surface area contributed by atoms with E-state index in [-0.39, 0.29) is 24.3 Å². The highest BCUT2D eigenvalue weighted by atomic mass is 16.7. The van der Waals surface area contributed by atoms with Crippen LogP contribution in [0.5, 0.6) is 0 Å². The highest BCUT2D eigenvalue weighted by Crippen LogP contribution is 2.43. The molecule has 48 heavy (non-hydrogen) atoms. The number of carbonyl (C=O) groups is 2. The maximum absolute atomic E-state index is 14.2. The molecule has 2 unspecified atom stereocenters. The first-order valence-corrected chi connectivity index (χ1v) is 16.8. The highest BCUT2D eigenvalue weighted by molar-refractivity contribution is 5.95. The number of aliphatic hydroxyl groups is 1. The maximum atomic E-state index is 14.2.